The highest BCUT2D eigenvalue weighted by atomic mass is 32.1. The molecule has 0 aliphatic rings. The molecule has 12 aromatic rings. The van der Waals surface area contributed by atoms with Crippen LogP contribution in [0.5, 0.6) is 0 Å². The fourth-order valence-electron chi connectivity index (χ4n) is 8.47. The highest BCUT2D eigenvalue weighted by Crippen LogP contribution is 2.47. The van der Waals surface area contributed by atoms with Crippen LogP contribution in [0.2, 0.25) is 0 Å². The molecule has 0 N–H and O–H groups in total. The van der Waals surface area contributed by atoms with E-state index in [4.69, 9.17) is 19.4 Å². The molecule has 6 heteroatoms. The summed E-state index contributed by atoms with van der Waals surface area (Å²) in [6.07, 6.45) is 0. The van der Waals surface area contributed by atoms with Crippen LogP contribution in [0.25, 0.3) is 115 Å². The minimum atomic E-state index is 0.632. The molecule has 0 fully saturated rings. The van der Waals surface area contributed by atoms with Crippen LogP contribution in [-0.4, -0.2) is 19.5 Å². The average Bonchev–Trinajstić information content (AvgIpc) is 3.96. The molecule has 0 unspecified atom stereocenters. The van der Waals surface area contributed by atoms with Crippen LogP contribution in [0.1, 0.15) is 0 Å². The van der Waals surface area contributed by atoms with Crippen LogP contribution in [0, 0.1) is 0 Å². The molecule has 8 aromatic carbocycles. The Balaban J connectivity index is 1.16. The largest absolute Gasteiger partial charge is 0.456 e. The standard InChI is InChI=1S/C51H30N4OS/c1-3-14-31(15-4-1)49-52-50(32-16-5-2-6-17-32)54-51(53-49)40-30-34(29-39-47-45(57-48(39)40)27-26-44-46(47)38-22-9-12-25-43(38)56-44)33-18-13-19-35(28-33)55-41-23-10-7-20-36(41)37-21-8-11-24-42(37)55/h1-30H. The first kappa shape index (κ1) is 31.9. The van der Waals surface area contributed by atoms with Crippen molar-refractivity contribution in [3.05, 3.63) is 182 Å². The Bertz CT molecular complexity index is 3420. The molecule has 0 atom stereocenters. The quantitative estimate of drug-likeness (QED) is 0.176. The second kappa shape index (κ2) is 12.6. The zero-order valence-electron chi connectivity index (χ0n) is 30.4. The zero-order valence-corrected chi connectivity index (χ0v) is 31.2. The van der Waals surface area contributed by atoms with Crippen molar-refractivity contribution in [3.8, 4) is 51.0 Å². The number of benzene rings is 8. The molecule has 0 aliphatic carbocycles. The zero-order chi connectivity index (χ0) is 37.5. The van der Waals surface area contributed by atoms with Crippen molar-refractivity contribution in [1.82, 2.24) is 19.5 Å². The second-order valence-corrected chi connectivity index (χ2v) is 15.4. The van der Waals surface area contributed by atoms with Gasteiger partial charge in [-0.3, -0.25) is 0 Å². The number of hydrogen-bond donors (Lipinski definition) is 0. The number of thiophene rings is 1. The van der Waals surface area contributed by atoms with E-state index in [-0.39, 0.29) is 0 Å². The SMILES string of the molecule is c1ccc(-c2nc(-c3ccccc3)nc(-c3cc(-c4cccc(-n5c6ccccc6c6ccccc65)c4)cc4c3sc3ccc5oc6ccccc6c5c34)n2)cc1. The summed E-state index contributed by atoms with van der Waals surface area (Å²) in [4.78, 5) is 15.5. The number of nitrogens with zero attached hydrogens (tertiary/aromatic N) is 4. The molecule has 4 aromatic heterocycles. The van der Waals surface area contributed by atoms with Crippen molar-refractivity contribution in [3.63, 3.8) is 0 Å². The van der Waals surface area contributed by atoms with Gasteiger partial charge in [-0.2, -0.15) is 0 Å². The summed E-state index contributed by atoms with van der Waals surface area (Å²) in [6, 6.07) is 63.8. The number of fused-ring (bicyclic) bond motifs is 10. The van der Waals surface area contributed by atoms with Crippen molar-refractivity contribution in [2.24, 2.45) is 0 Å². The molecule has 0 bridgehead atoms. The fourth-order valence-corrected chi connectivity index (χ4v) is 9.67. The van der Waals surface area contributed by atoms with Gasteiger partial charge in [0.2, 0.25) is 0 Å². The molecular formula is C51H30N4OS. The number of rotatable bonds is 5. The van der Waals surface area contributed by atoms with E-state index in [0.29, 0.717) is 17.5 Å². The van der Waals surface area contributed by atoms with E-state index in [2.05, 4.69) is 138 Å². The van der Waals surface area contributed by atoms with Gasteiger partial charge in [-0.15, -0.1) is 11.3 Å². The van der Waals surface area contributed by atoms with E-state index in [1.807, 2.05) is 48.5 Å². The second-order valence-electron chi connectivity index (χ2n) is 14.4. The third kappa shape index (κ3) is 5.04. The lowest BCUT2D eigenvalue weighted by Gasteiger charge is -2.13. The Morgan fingerprint density at radius 2 is 1.00 bits per heavy atom. The van der Waals surface area contributed by atoms with E-state index in [0.717, 1.165) is 65.5 Å². The lowest BCUT2D eigenvalue weighted by Crippen LogP contribution is -2.00. The van der Waals surface area contributed by atoms with Crippen LogP contribution in [0.3, 0.4) is 0 Å². The van der Waals surface area contributed by atoms with E-state index in [1.54, 1.807) is 11.3 Å². The van der Waals surface area contributed by atoms with Gasteiger partial charge in [-0.1, -0.05) is 127 Å². The first-order valence-corrected chi connectivity index (χ1v) is 19.8. The maximum Gasteiger partial charge on any atom is 0.165 e. The molecule has 5 nitrogen and oxygen atoms in total. The van der Waals surface area contributed by atoms with Gasteiger partial charge >= 0.3 is 0 Å². The molecule has 0 spiro atoms. The summed E-state index contributed by atoms with van der Waals surface area (Å²) in [7, 11) is 0. The Kier molecular flexibility index (Phi) is 7.03. The van der Waals surface area contributed by atoms with Crippen molar-refractivity contribution in [2.45, 2.75) is 0 Å². The van der Waals surface area contributed by atoms with E-state index < -0.39 is 0 Å². The maximum absolute atomic E-state index is 6.43. The minimum Gasteiger partial charge on any atom is -0.456 e. The lowest BCUT2D eigenvalue weighted by molar-refractivity contribution is 0.669. The smallest absolute Gasteiger partial charge is 0.165 e. The Morgan fingerprint density at radius 3 is 1.70 bits per heavy atom. The number of hydrogen-bond acceptors (Lipinski definition) is 5. The monoisotopic (exact) mass is 746 g/mol. The molecule has 12 rings (SSSR count). The molecule has 0 amide bonds. The summed E-state index contributed by atoms with van der Waals surface area (Å²) < 4.78 is 11.1. The van der Waals surface area contributed by atoms with Crippen LogP contribution in [-0.2, 0) is 0 Å². The first-order valence-electron chi connectivity index (χ1n) is 19.0. The predicted octanol–water partition coefficient (Wildman–Crippen LogP) is 13.9. The fraction of sp³-hybridized carbons (Fsp3) is 0. The van der Waals surface area contributed by atoms with Crippen LogP contribution < -0.4 is 0 Å². The molecule has 0 saturated heterocycles. The van der Waals surface area contributed by atoms with Crippen LogP contribution >= 0.6 is 11.3 Å². The Morgan fingerprint density at radius 1 is 0.404 bits per heavy atom. The summed E-state index contributed by atoms with van der Waals surface area (Å²) in [6.45, 7) is 0. The van der Waals surface area contributed by atoms with Crippen molar-refractivity contribution < 1.29 is 4.42 Å². The minimum absolute atomic E-state index is 0.632. The summed E-state index contributed by atoms with van der Waals surface area (Å²) in [5.74, 6) is 1.90. The van der Waals surface area contributed by atoms with Gasteiger partial charge < -0.3 is 8.98 Å². The van der Waals surface area contributed by atoms with Crippen LogP contribution in [0.4, 0.5) is 0 Å². The third-order valence-electron chi connectivity index (χ3n) is 11.0. The summed E-state index contributed by atoms with van der Waals surface area (Å²) in [5, 5.41) is 7.03. The molecule has 266 valence electrons. The molecule has 4 heterocycles. The van der Waals surface area contributed by atoms with Crippen LogP contribution in [0.15, 0.2) is 186 Å². The highest BCUT2D eigenvalue weighted by molar-refractivity contribution is 7.26. The van der Waals surface area contributed by atoms with Crippen molar-refractivity contribution in [1.29, 1.82) is 0 Å². The van der Waals surface area contributed by atoms with Gasteiger partial charge in [0, 0.05) is 64.1 Å². The van der Waals surface area contributed by atoms with Crippen molar-refractivity contribution >= 4 is 75.3 Å². The maximum atomic E-state index is 6.43. The normalized spacial score (nSPS) is 11.9. The van der Waals surface area contributed by atoms with Crippen molar-refractivity contribution in [2.75, 3.05) is 0 Å². The number of para-hydroxylation sites is 3. The number of aromatic nitrogens is 4. The van der Waals surface area contributed by atoms with Gasteiger partial charge in [-0.25, -0.2) is 15.0 Å². The van der Waals surface area contributed by atoms with Gasteiger partial charge in [-0.05, 0) is 65.7 Å². The number of furan rings is 1. The molecular weight excluding hydrogens is 717 g/mol. The lowest BCUT2D eigenvalue weighted by atomic mass is 9.97. The highest BCUT2D eigenvalue weighted by Gasteiger charge is 2.22. The molecule has 0 aliphatic heterocycles. The predicted molar refractivity (Wildman–Crippen MR) is 236 cm³/mol. The first-order chi connectivity index (χ1) is 28.2. The Labute approximate surface area is 330 Å². The van der Waals surface area contributed by atoms with E-state index in [9.17, 15) is 0 Å². The van der Waals surface area contributed by atoms with Gasteiger partial charge in [0.1, 0.15) is 11.2 Å². The van der Waals surface area contributed by atoms with E-state index >= 15 is 0 Å². The van der Waals surface area contributed by atoms with Gasteiger partial charge in [0.25, 0.3) is 0 Å². The molecule has 0 saturated carbocycles. The van der Waals surface area contributed by atoms with Gasteiger partial charge in [0.05, 0.1) is 11.0 Å². The summed E-state index contributed by atoms with van der Waals surface area (Å²) >= 11 is 1.77. The summed E-state index contributed by atoms with van der Waals surface area (Å²) in [5.41, 5.74) is 10.2. The topological polar surface area (TPSA) is 56.7 Å². The van der Waals surface area contributed by atoms with Gasteiger partial charge in [0.15, 0.2) is 17.5 Å². The Hall–Kier alpha value is -7.41. The van der Waals surface area contributed by atoms with E-state index in [1.165, 1.54) is 31.9 Å². The molecule has 57 heavy (non-hydrogen) atoms. The third-order valence-corrected chi connectivity index (χ3v) is 12.2. The average molecular weight is 747 g/mol. The molecule has 0 radical (unpaired) electrons.